The zero-order valence-corrected chi connectivity index (χ0v) is 8.67. The molecule has 1 fully saturated rings. The number of ether oxygens (including phenoxy) is 1. The van der Waals surface area contributed by atoms with Crippen LogP contribution in [0, 0.1) is 6.42 Å². The molecule has 3 nitrogen and oxygen atoms in total. The molecule has 0 aromatic rings. The van der Waals surface area contributed by atoms with Crippen molar-refractivity contribution in [2.45, 2.75) is 39.2 Å². The molecule has 0 bridgehead atoms. The van der Waals surface area contributed by atoms with Crippen molar-refractivity contribution in [3.8, 4) is 0 Å². The molecule has 1 radical (unpaired) electrons. The summed E-state index contributed by atoms with van der Waals surface area (Å²) in [5.41, 5.74) is -0.0789. The lowest BCUT2D eigenvalue weighted by molar-refractivity contribution is 0.0558. The Morgan fingerprint density at radius 1 is 1.62 bits per heavy atom. The van der Waals surface area contributed by atoms with E-state index in [1.54, 1.807) is 0 Å². The Bertz CT molecular complexity index is 189. The summed E-state index contributed by atoms with van der Waals surface area (Å²) in [4.78, 5) is 13.3. The number of hydrogen-bond acceptors (Lipinski definition) is 2. The molecule has 3 heteroatoms. The first-order valence-corrected chi connectivity index (χ1v) is 4.84. The van der Waals surface area contributed by atoms with Gasteiger partial charge in [-0.15, -0.1) is 0 Å². The second-order valence-electron chi connectivity index (χ2n) is 3.94. The van der Waals surface area contributed by atoms with E-state index in [9.17, 15) is 4.79 Å². The van der Waals surface area contributed by atoms with Gasteiger partial charge in [0.15, 0.2) is 0 Å². The molecular weight excluding hydrogens is 166 g/mol. The third-order valence-corrected chi connectivity index (χ3v) is 2.42. The Labute approximate surface area is 80.1 Å². The third-order valence-electron chi connectivity index (χ3n) is 2.42. The number of carbonyl (C=O) groups excluding carboxylic acids is 1. The van der Waals surface area contributed by atoms with Crippen molar-refractivity contribution < 1.29 is 9.53 Å². The van der Waals surface area contributed by atoms with Gasteiger partial charge in [0, 0.05) is 12.1 Å². The molecule has 0 spiro atoms. The molecule has 1 amide bonds. The topological polar surface area (TPSA) is 29.5 Å². The van der Waals surface area contributed by atoms with E-state index in [1.165, 1.54) is 0 Å². The maximum atomic E-state index is 11.5. The summed E-state index contributed by atoms with van der Waals surface area (Å²) in [5, 5.41) is 0. The Morgan fingerprint density at radius 3 is 2.85 bits per heavy atom. The molecule has 0 atom stereocenters. The smallest absolute Gasteiger partial charge is 0.410 e. The predicted molar refractivity (Wildman–Crippen MR) is 51.3 cm³/mol. The van der Waals surface area contributed by atoms with E-state index in [0.29, 0.717) is 6.61 Å². The van der Waals surface area contributed by atoms with E-state index in [1.807, 2.05) is 11.8 Å². The van der Waals surface area contributed by atoms with Crippen molar-refractivity contribution in [1.29, 1.82) is 0 Å². The van der Waals surface area contributed by atoms with Crippen LogP contribution in [0.2, 0.25) is 0 Å². The number of carbonyl (C=O) groups is 1. The average molecular weight is 184 g/mol. The lowest BCUT2D eigenvalue weighted by Crippen LogP contribution is -2.51. The van der Waals surface area contributed by atoms with Crippen LogP contribution in [0.4, 0.5) is 4.79 Å². The molecule has 1 aliphatic heterocycles. The van der Waals surface area contributed by atoms with E-state index >= 15 is 0 Å². The first-order chi connectivity index (χ1) is 6.08. The summed E-state index contributed by atoms with van der Waals surface area (Å²) in [5.74, 6) is 0. The minimum Gasteiger partial charge on any atom is -0.450 e. The van der Waals surface area contributed by atoms with Gasteiger partial charge in [-0.05, 0) is 40.0 Å². The molecule has 0 aromatic heterocycles. The van der Waals surface area contributed by atoms with Gasteiger partial charge in [-0.25, -0.2) is 4.79 Å². The molecule has 0 aliphatic carbocycles. The van der Waals surface area contributed by atoms with E-state index in [4.69, 9.17) is 4.74 Å². The Hall–Kier alpha value is -0.730. The fraction of sp³-hybridized carbons (Fsp3) is 0.800. The number of piperidine rings is 1. The maximum absolute atomic E-state index is 11.5. The van der Waals surface area contributed by atoms with E-state index in [-0.39, 0.29) is 11.6 Å². The first kappa shape index (κ1) is 10.4. The Kier molecular flexibility index (Phi) is 3.17. The summed E-state index contributed by atoms with van der Waals surface area (Å²) in [7, 11) is 0. The molecule has 0 aromatic carbocycles. The molecular formula is C10H18NO2. The number of nitrogens with zero attached hydrogens (tertiary/aromatic N) is 1. The standard InChI is InChI=1S/C10H18NO2/c1-4-13-9(12)11-8-6-5-7-10(11,2)3/h5H,4,6-8H2,1-3H3. The molecule has 1 heterocycles. The highest BCUT2D eigenvalue weighted by Crippen LogP contribution is 2.26. The van der Waals surface area contributed by atoms with Gasteiger partial charge in [0.05, 0.1) is 6.61 Å². The second kappa shape index (κ2) is 3.99. The van der Waals surface area contributed by atoms with Gasteiger partial charge in [-0.3, -0.25) is 0 Å². The van der Waals surface area contributed by atoms with Crippen LogP contribution in [0.3, 0.4) is 0 Å². The Balaban J connectivity index is 2.59. The molecule has 1 rings (SSSR count). The van der Waals surface area contributed by atoms with Crippen LogP contribution in [0.5, 0.6) is 0 Å². The summed E-state index contributed by atoms with van der Waals surface area (Å²) >= 11 is 0. The van der Waals surface area contributed by atoms with E-state index < -0.39 is 0 Å². The van der Waals surface area contributed by atoms with Gasteiger partial charge < -0.3 is 9.64 Å². The molecule has 1 saturated heterocycles. The van der Waals surface area contributed by atoms with Gasteiger partial charge in [-0.1, -0.05) is 0 Å². The van der Waals surface area contributed by atoms with Crippen molar-refractivity contribution in [3.05, 3.63) is 6.42 Å². The maximum Gasteiger partial charge on any atom is 0.410 e. The Morgan fingerprint density at radius 2 is 2.31 bits per heavy atom. The molecule has 0 unspecified atom stereocenters. The summed E-state index contributed by atoms with van der Waals surface area (Å²) in [6.45, 7) is 7.21. The van der Waals surface area contributed by atoms with Crippen molar-refractivity contribution in [3.63, 3.8) is 0 Å². The highest BCUT2D eigenvalue weighted by molar-refractivity contribution is 5.68. The second-order valence-corrected chi connectivity index (χ2v) is 3.94. The highest BCUT2D eigenvalue weighted by Gasteiger charge is 2.33. The van der Waals surface area contributed by atoms with Crippen LogP contribution in [-0.2, 0) is 4.74 Å². The summed E-state index contributed by atoms with van der Waals surface area (Å²) in [6, 6.07) is 0. The quantitative estimate of drug-likeness (QED) is 0.625. The van der Waals surface area contributed by atoms with Gasteiger partial charge >= 0.3 is 6.09 Å². The summed E-state index contributed by atoms with van der Waals surface area (Å²) < 4.78 is 4.99. The molecule has 0 N–H and O–H groups in total. The SMILES string of the molecule is CCOC(=O)N1CC[CH]CC1(C)C. The molecule has 1 aliphatic rings. The molecule has 13 heavy (non-hydrogen) atoms. The molecule has 0 saturated carbocycles. The van der Waals surface area contributed by atoms with Gasteiger partial charge in [-0.2, -0.15) is 0 Å². The zero-order valence-electron chi connectivity index (χ0n) is 8.67. The average Bonchev–Trinajstić information content (AvgIpc) is 2.03. The van der Waals surface area contributed by atoms with Crippen LogP contribution < -0.4 is 0 Å². The van der Waals surface area contributed by atoms with Crippen molar-refractivity contribution in [2.24, 2.45) is 0 Å². The van der Waals surface area contributed by atoms with Crippen molar-refractivity contribution in [2.75, 3.05) is 13.2 Å². The minimum atomic E-state index is -0.180. The normalized spacial score (nSPS) is 21.3. The van der Waals surface area contributed by atoms with E-state index in [0.717, 1.165) is 19.4 Å². The van der Waals surface area contributed by atoms with Crippen molar-refractivity contribution in [1.82, 2.24) is 4.90 Å². The molecule has 75 valence electrons. The number of hydrogen-bond donors (Lipinski definition) is 0. The first-order valence-electron chi connectivity index (χ1n) is 4.84. The highest BCUT2D eigenvalue weighted by atomic mass is 16.6. The summed E-state index contributed by atoms with van der Waals surface area (Å²) in [6.07, 6.45) is 3.98. The monoisotopic (exact) mass is 184 g/mol. The van der Waals surface area contributed by atoms with Gasteiger partial charge in [0.25, 0.3) is 0 Å². The van der Waals surface area contributed by atoms with Crippen molar-refractivity contribution >= 4 is 6.09 Å². The van der Waals surface area contributed by atoms with E-state index in [2.05, 4.69) is 20.3 Å². The van der Waals surface area contributed by atoms with Crippen LogP contribution in [0.1, 0.15) is 33.6 Å². The van der Waals surface area contributed by atoms with Crippen LogP contribution in [0.15, 0.2) is 0 Å². The van der Waals surface area contributed by atoms with Crippen LogP contribution in [0.25, 0.3) is 0 Å². The zero-order chi connectivity index (χ0) is 9.90. The predicted octanol–water partition coefficient (Wildman–Crippen LogP) is 2.22. The van der Waals surface area contributed by atoms with Crippen LogP contribution >= 0.6 is 0 Å². The number of amides is 1. The number of likely N-dealkylation sites (tertiary alicyclic amines) is 1. The largest absolute Gasteiger partial charge is 0.450 e. The van der Waals surface area contributed by atoms with Gasteiger partial charge in [0.1, 0.15) is 0 Å². The fourth-order valence-electron chi connectivity index (χ4n) is 1.63. The van der Waals surface area contributed by atoms with Crippen LogP contribution in [-0.4, -0.2) is 29.7 Å². The lowest BCUT2D eigenvalue weighted by atomic mass is 9.91. The fourth-order valence-corrected chi connectivity index (χ4v) is 1.63. The number of rotatable bonds is 1. The van der Waals surface area contributed by atoms with Gasteiger partial charge in [0.2, 0.25) is 0 Å². The lowest BCUT2D eigenvalue weighted by Gasteiger charge is -2.41. The minimum absolute atomic E-state index is 0.0789. The third kappa shape index (κ3) is 2.36.